The Morgan fingerprint density at radius 3 is 2.90 bits per heavy atom. The van der Waals surface area contributed by atoms with Crippen LogP contribution in [0.5, 0.6) is 0 Å². The van der Waals surface area contributed by atoms with Crippen LogP contribution in [0.3, 0.4) is 0 Å². The summed E-state index contributed by atoms with van der Waals surface area (Å²) >= 11 is 0. The van der Waals surface area contributed by atoms with Gasteiger partial charge in [-0.15, -0.1) is 0 Å². The molecule has 0 fully saturated rings. The average molecular weight is 310 g/mol. The molecule has 21 heavy (non-hydrogen) atoms. The number of rotatable bonds is 6. The van der Waals surface area contributed by atoms with Crippen LogP contribution in [0.15, 0.2) is 23.3 Å². The van der Waals surface area contributed by atoms with Crippen molar-refractivity contribution < 1.29 is 9.13 Å². The van der Waals surface area contributed by atoms with E-state index in [0.29, 0.717) is 23.6 Å². The molecule has 2 aromatic rings. The number of hydrogen-bond donors (Lipinski definition) is 2. The van der Waals surface area contributed by atoms with E-state index in [2.05, 4.69) is 15.3 Å². The minimum Gasteiger partial charge on any atom is -0.379 e. The molecule has 9 heteroatoms. The van der Waals surface area contributed by atoms with Crippen LogP contribution >= 0.6 is 0 Å². The maximum absolute atomic E-state index is 11.6. The van der Waals surface area contributed by atoms with Gasteiger partial charge in [-0.25, -0.2) is 4.98 Å². The zero-order valence-electron chi connectivity index (χ0n) is 11.3. The van der Waals surface area contributed by atoms with E-state index in [4.69, 9.17) is 0 Å². The number of fused-ring (bicyclic) bond motifs is 1. The maximum Gasteiger partial charge on any atom is 0.293 e. The van der Waals surface area contributed by atoms with Gasteiger partial charge in [0, 0.05) is 34.9 Å². The fourth-order valence-corrected chi connectivity index (χ4v) is 2.46. The van der Waals surface area contributed by atoms with Gasteiger partial charge in [0.15, 0.2) is 0 Å². The van der Waals surface area contributed by atoms with Crippen LogP contribution < -0.4 is 10.9 Å². The first-order valence-electron chi connectivity index (χ1n) is 6.27. The first-order valence-corrected chi connectivity index (χ1v) is 7.76. The van der Waals surface area contributed by atoms with Gasteiger partial charge in [-0.1, -0.05) is 6.92 Å². The van der Waals surface area contributed by atoms with Gasteiger partial charge in [0.2, 0.25) is 0 Å². The Hall–Kier alpha value is -2.29. The van der Waals surface area contributed by atoms with Crippen molar-refractivity contribution in [1.82, 2.24) is 9.97 Å². The predicted octanol–water partition coefficient (Wildman–Crippen LogP) is 1.01. The highest BCUT2D eigenvalue weighted by molar-refractivity contribution is 7.84. The van der Waals surface area contributed by atoms with E-state index >= 15 is 0 Å². The summed E-state index contributed by atoms with van der Waals surface area (Å²) in [5, 5.41) is 14.1. The first kappa shape index (κ1) is 15.1. The quantitative estimate of drug-likeness (QED) is 0.607. The second-order valence-corrected chi connectivity index (χ2v) is 6.10. The molecule has 1 aromatic heterocycles. The summed E-state index contributed by atoms with van der Waals surface area (Å²) in [6.07, 6.45) is 1.24. The van der Waals surface area contributed by atoms with Crippen LogP contribution in [0, 0.1) is 10.1 Å². The number of anilines is 1. The average Bonchev–Trinajstić information content (AvgIpc) is 2.46. The number of nitro groups is 1. The Bertz CT molecular complexity index is 758. The van der Waals surface area contributed by atoms with Gasteiger partial charge in [-0.2, -0.15) is 0 Å². The Labute approximate surface area is 122 Å². The summed E-state index contributed by atoms with van der Waals surface area (Å²) in [5.74, 6) is 0.937. The number of aromatic nitrogens is 2. The lowest BCUT2D eigenvalue weighted by Crippen LogP contribution is -2.14. The van der Waals surface area contributed by atoms with E-state index in [1.54, 1.807) is 0 Å². The van der Waals surface area contributed by atoms with E-state index in [0.717, 1.165) is 0 Å². The number of nitrogens with zero attached hydrogens (tertiary/aromatic N) is 2. The smallest absolute Gasteiger partial charge is 0.293 e. The Balaban J connectivity index is 2.37. The van der Waals surface area contributed by atoms with Crippen molar-refractivity contribution in [3.8, 4) is 0 Å². The van der Waals surface area contributed by atoms with Crippen molar-refractivity contribution in [3.63, 3.8) is 0 Å². The number of H-pyrrole nitrogens is 1. The molecule has 1 aromatic carbocycles. The molecule has 1 heterocycles. The normalized spacial score (nSPS) is 12.2. The molecule has 1 atom stereocenters. The molecular weight excluding hydrogens is 296 g/mol. The molecule has 0 aliphatic carbocycles. The molecule has 8 nitrogen and oxygen atoms in total. The number of nitrogens with one attached hydrogen (secondary N) is 2. The van der Waals surface area contributed by atoms with Gasteiger partial charge in [-0.05, 0) is 6.07 Å². The molecule has 0 saturated carbocycles. The van der Waals surface area contributed by atoms with Gasteiger partial charge in [0.1, 0.15) is 5.69 Å². The topological polar surface area (TPSA) is 118 Å². The van der Waals surface area contributed by atoms with Crippen LogP contribution in [0.2, 0.25) is 0 Å². The molecule has 0 spiro atoms. The zero-order chi connectivity index (χ0) is 15.4. The summed E-state index contributed by atoms with van der Waals surface area (Å²) in [6.45, 7) is 2.15. The van der Waals surface area contributed by atoms with Crippen molar-refractivity contribution in [2.24, 2.45) is 0 Å². The highest BCUT2D eigenvalue weighted by Crippen LogP contribution is 2.27. The summed E-state index contributed by atoms with van der Waals surface area (Å²) in [7, 11) is -0.952. The van der Waals surface area contributed by atoms with Gasteiger partial charge in [-0.3, -0.25) is 19.1 Å². The minimum atomic E-state index is -0.952. The van der Waals surface area contributed by atoms with Crippen LogP contribution in [-0.4, -0.2) is 37.2 Å². The van der Waals surface area contributed by atoms with E-state index < -0.39 is 21.3 Å². The number of benzene rings is 1. The lowest BCUT2D eigenvalue weighted by Gasteiger charge is -2.07. The first-order chi connectivity index (χ1) is 10.0. The molecule has 0 aliphatic heterocycles. The predicted molar refractivity (Wildman–Crippen MR) is 81.1 cm³/mol. The lowest BCUT2D eigenvalue weighted by atomic mass is 10.2. The number of nitro benzene ring substituents is 1. The van der Waals surface area contributed by atoms with E-state index in [9.17, 15) is 19.1 Å². The highest BCUT2D eigenvalue weighted by Gasteiger charge is 2.17. The summed E-state index contributed by atoms with van der Waals surface area (Å²) in [5.41, 5.74) is -0.00724. The van der Waals surface area contributed by atoms with Crippen molar-refractivity contribution in [3.05, 3.63) is 38.9 Å². The molecule has 1 unspecified atom stereocenters. The van der Waals surface area contributed by atoms with Crippen LogP contribution in [0.25, 0.3) is 10.9 Å². The lowest BCUT2D eigenvalue weighted by molar-refractivity contribution is -0.383. The third kappa shape index (κ3) is 3.43. The van der Waals surface area contributed by atoms with Crippen LogP contribution in [0.4, 0.5) is 11.4 Å². The fourth-order valence-electron chi connectivity index (χ4n) is 1.84. The summed E-state index contributed by atoms with van der Waals surface area (Å²) in [4.78, 5) is 28.5. The third-order valence-electron chi connectivity index (χ3n) is 2.92. The maximum atomic E-state index is 11.6. The Morgan fingerprint density at radius 2 is 2.24 bits per heavy atom. The SMILES string of the molecule is CCS(=O)CCNc1cc2nc[nH]c(=O)c2cc1[N+](=O)[O-]. The van der Waals surface area contributed by atoms with Crippen molar-refractivity contribution in [2.45, 2.75) is 6.92 Å². The summed E-state index contributed by atoms with van der Waals surface area (Å²) in [6, 6.07) is 2.65. The van der Waals surface area contributed by atoms with Crippen LogP contribution in [0.1, 0.15) is 6.92 Å². The summed E-state index contributed by atoms with van der Waals surface area (Å²) < 4.78 is 11.4. The fraction of sp³-hybridized carbons (Fsp3) is 0.333. The molecule has 2 rings (SSSR count). The molecule has 0 amide bonds. The third-order valence-corrected chi connectivity index (χ3v) is 4.23. The second kappa shape index (κ2) is 6.44. The minimum absolute atomic E-state index is 0.159. The van der Waals surface area contributed by atoms with Gasteiger partial charge >= 0.3 is 0 Å². The van der Waals surface area contributed by atoms with Crippen molar-refractivity contribution >= 4 is 33.1 Å². The highest BCUT2D eigenvalue weighted by atomic mass is 32.2. The molecule has 2 N–H and O–H groups in total. The molecule has 0 saturated heterocycles. The second-order valence-electron chi connectivity index (χ2n) is 4.23. The van der Waals surface area contributed by atoms with Gasteiger partial charge < -0.3 is 10.3 Å². The van der Waals surface area contributed by atoms with Crippen molar-refractivity contribution in [2.75, 3.05) is 23.4 Å². The van der Waals surface area contributed by atoms with E-state index in [1.165, 1.54) is 18.5 Å². The molecular formula is C12H14N4O4S. The van der Waals surface area contributed by atoms with Crippen LogP contribution in [-0.2, 0) is 10.8 Å². The van der Waals surface area contributed by atoms with Gasteiger partial charge in [0.25, 0.3) is 11.2 Å². The van der Waals surface area contributed by atoms with Gasteiger partial charge in [0.05, 0.1) is 22.2 Å². The number of aromatic amines is 1. The zero-order valence-corrected chi connectivity index (χ0v) is 12.1. The largest absolute Gasteiger partial charge is 0.379 e. The number of hydrogen-bond acceptors (Lipinski definition) is 6. The monoisotopic (exact) mass is 310 g/mol. The standard InChI is InChI=1S/C12H14N4O4S/c1-2-21(20)4-3-13-10-6-9-8(5-11(10)16(18)19)12(17)15-7-14-9/h5-7,13H,2-4H2,1H3,(H,14,15,17). The van der Waals surface area contributed by atoms with E-state index in [1.807, 2.05) is 6.92 Å². The Morgan fingerprint density at radius 1 is 1.48 bits per heavy atom. The Kier molecular flexibility index (Phi) is 4.63. The molecule has 0 aliphatic rings. The van der Waals surface area contributed by atoms with E-state index in [-0.39, 0.29) is 16.8 Å². The molecule has 112 valence electrons. The van der Waals surface area contributed by atoms with Crippen molar-refractivity contribution in [1.29, 1.82) is 0 Å². The molecule has 0 radical (unpaired) electrons. The molecule has 0 bridgehead atoms.